The van der Waals surface area contributed by atoms with E-state index in [0.29, 0.717) is 5.56 Å². The number of aromatic hydroxyl groups is 1. The normalized spacial score (nSPS) is 11.0. The highest BCUT2D eigenvalue weighted by atomic mass is 19.4. The molecule has 2 aromatic carbocycles. The third-order valence-electron chi connectivity index (χ3n) is 2.73. The summed E-state index contributed by atoms with van der Waals surface area (Å²) in [5.74, 6) is 0.0524. The van der Waals surface area contributed by atoms with Crippen LogP contribution in [0.5, 0.6) is 11.5 Å². The summed E-state index contributed by atoms with van der Waals surface area (Å²) in [6.07, 6.45) is -4.62. The lowest BCUT2D eigenvalue weighted by molar-refractivity contribution is -0.137. The molecule has 0 bridgehead atoms. The third kappa shape index (κ3) is 3.66. The Bertz CT molecular complexity index is 690. The van der Waals surface area contributed by atoms with Crippen LogP contribution in [0.25, 0.3) is 0 Å². The van der Waals surface area contributed by atoms with Crippen LogP contribution in [0.1, 0.15) is 16.7 Å². The van der Waals surface area contributed by atoms with Gasteiger partial charge >= 0.3 is 6.18 Å². The molecular formula is C15H10F3NO2. The maximum absolute atomic E-state index is 12.8. The lowest BCUT2D eigenvalue weighted by Crippen LogP contribution is -2.08. The molecule has 0 atom stereocenters. The molecule has 0 heterocycles. The first-order chi connectivity index (χ1) is 9.90. The Balaban J connectivity index is 2.20. The highest BCUT2D eigenvalue weighted by molar-refractivity contribution is 5.44. The number of benzene rings is 2. The number of nitriles is 1. The Morgan fingerprint density at radius 1 is 1.14 bits per heavy atom. The molecule has 3 nitrogen and oxygen atoms in total. The zero-order valence-corrected chi connectivity index (χ0v) is 10.7. The van der Waals surface area contributed by atoms with Crippen molar-refractivity contribution in [3.8, 4) is 17.6 Å². The van der Waals surface area contributed by atoms with Crippen LogP contribution in [0.15, 0.2) is 42.5 Å². The molecule has 0 aromatic heterocycles. The molecule has 0 saturated heterocycles. The Morgan fingerprint density at radius 2 is 1.90 bits per heavy atom. The average molecular weight is 293 g/mol. The summed E-state index contributed by atoms with van der Waals surface area (Å²) in [5, 5.41) is 18.0. The van der Waals surface area contributed by atoms with Crippen LogP contribution in [0.2, 0.25) is 0 Å². The van der Waals surface area contributed by atoms with E-state index < -0.39 is 17.3 Å². The molecule has 0 radical (unpaired) electrons. The fraction of sp³-hybridized carbons (Fsp3) is 0.133. The van der Waals surface area contributed by atoms with E-state index in [-0.39, 0.29) is 18.1 Å². The topological polar surface area (TPSA) is 53.2 Å². The Kier molecular flexibility index (Phi) is 4.03. The lowest BCUT2D eigenvalue weighted by Gasteiger charge is -2.12. The predicted molar refractivity (Wildman–Crippen MR) is 68.6 cm³/mol. The molecule has 6 heteroatoms. The van der Waals surface area contributed by atoms with Gasteiger partial charge in [0.05, 0.1) is 17.2 Å². The summed E-state index contributed by atoms with van der Waals surface area (Å²) >= 11 is 0. The van der Waals surface area contributed by atoms with Gasteiger partial charge in [-0.25, -0.2) is 0 Å². The number of phenols is 1. The number of rotatable bonds is 3. The molecule has 108 valence electrons. The summed E-state index contributed by atoms with van der Waals surface area (Å²) in [6.45, 7) is 0.0115. The lowest BCUT2D eigenvalue weighted by atomic mass is 10.1. The molecule has 0 fully saturated rings. The van der Waals surface area contributed by atoms with Gasteiger partial charge < -0.3 is 9.84 Å². The number of nitrogens with zero attached hydrogens (tertiary/aromatic N) is 1. The van der Waals surface area contributed by atoms with E-state index in [4.69, 9.17) is 10.00 Å². The molecule has 0 saturated carbocycles. The van der Waals surface area contributed by atoms with Crippen molar-refractivity contribution >= 4 is 0 Å². The van der Waals surface area contributed by atoms with Crippen molar-refractivity contribution in [1.82, 2.24) is 0 Å². The molecule has 2 rings (SSSR count). The zero-order valence-electron chi connectivity index (χ0n) is 10.7. The standard InChI is InChI=1S/C15H10F3NO2/c16-15(17,18)14-7-13(5-4-11(14)8-19)21-9-10-2-1-3-12(20)6-10/h1-7,20H,9H2. The van der Waals surface area contributed by atoms with Crippen molar-refractivity contribution in [2.75, 3.05) is 0 Å². The van der Waals surface area contributed by atoms with Crippen molar-refractivity contribution in [2.24, 2.45) is 0 Å². The average Bonchev–Trinajstić information content (AvgIpc) is 2.44. The molecule has 1 N–H and O–H groups in total. The first-order valence-corrected chi connectivity index (χ1v) is 5.92. The highest BCUT2D eigenvalue weighted by Crippen LogP contribution is 2.34. The number of ether oxygens (including phenoxy) is 1. The second kappa shape index (κ2) is 5.75. The van der Waals surface area contributed by atoms with Crippen LogP contribution in [-0.2, 0) is 12.8 Å². The third-order valence-corrected chi connectivity index (χ3v) is 2.73. The second-order valence-electron chi connectivity index (χ2n) is 4.28. The minimum absolute atomic E-state index is 0.00432. The minimum atomic E-state index is -4.62. The van der Waals surface area contributed by atoms with Gasteiger partial charge in [0.1, 0.15) is 18.1 Å². The van der Waals surface area contributed by atoms with Crippen molar-refractivity contribution in [3.63, 3.8) is 0 Å². The fourth-order valence-corrected chi connectivity index (χ4v) is 1.76. The van der Waals surface area contributed by atoms with Crippen LogP contribution < -0.4 is 4.74 Å². The van der Waals surface area contributed by atoms with Crippen LogP contribution in [0.3, 0.4) is 0 Å². The smallest absolute Gasteiger partial charge is 0.417 e. The van der Waals surface area contributed by atoms with Gasteiger partial charge in [-0.3, -0.25) is 0 Å². The van der Waals surface area contributed by atoms with E-state index in [0.717, 1.165) is 12.1 Å². The van der Waals surface area contributed by atoms with Crippen LogP contribution in [-0.4, -0.2) is 5.11 Å². The van der Waals surface area contributed by atoms with Crippen molar-refractivity contribution in [2.45, 2.75) is 12.8 Å². The summed E-state index contributed by atoms with van der Waals surface area (Å²) < 4.78 is 43.6. The fourth-order valence-electron chi connectivity index (χ4n) is 1.76. The van der Waals surface area contributed by atoms with Gasteiger partial charge in [-0.05, 0) is 35.9 Å². The zero-order chi connectivity index (χ0) is 15.5. The number of phenolic OH excluding ortho intramolecular Hbond substituents is 1. The molecule has 0 amide bonds. The van der Waals surface area contributed by atoms with Crippen LogP contribution in [0, 0.1) is 11.3 Å². The van der Waals surface area contributed by atoms with E-state index in [1.165, 1.54) is 24.3 Å². The second-order valence-corrected chi connectivity index (χ2v) is 4.28. The minimum Gasteiger partial charge on any atom is -0.508 e. The van der Waals surface area contributed by atoms with Crippen molar-refractivity contribution in [3.05, 3.63) is 59.2 Å². The first kappa shape index (κ1) is 14.7. The monoisotopic (exact) mass is 293 g/mol. The molecule has 21 heavy (non-hydrogen) atoms. The first-order valence-electron chi connectivity index (χ1n) is 5.92. The summed E-state index contributed by atoms with van der Waals surface area (Å²) in [7, 11) is 0. The van der Waals surface area contributed by atoms with Gasteiger partial charge in [-0.2, -0.15) is 18.4 Å². The highest BCUT2D eigenvalue weighted by Gasteiger charge is 2.34. The molecule has 0 aliphatic heterocycles. The van der Waals surface area contributed by atoms with E-state index in [1.54, 1.807) is 12.1 Å². The Hall–Kier alpha value is -2.68. The number of alkyl halides is 3. The maximum atomic E-state index is 12.8. The van der Waals surface area contributed by atoms with Crippen molar-refractivity contribution < 1.29 is 23.0 Å². The van der Waals surface area contributed by atoms with Gasteiger partial charge in [0.25, 0.3) is 0 Å². The largest absolute Gasteiger partial charge is 0.508 e. The molecular weight excluding hydrogens is 283 g/mol. The predicted octanol–water partition coefficient (Wildman–Crippen LogP) is 3.86. The SMILES string of the molecule is N#Cc1ccc(OCc2cccc(O)c2)cc1C(F)(F)F. The maximum Gasteiger partial charge on any atom is 0.417 e. The Morgan fingerprint density at radius 3 is 2.52 bits per heavy atom. The van der Waals surface area contributed by atoms with E-state index in [1.807, 2.05) is 0 Å². The quantitative estimate of drug-likeness (QED) is 0.934. The molecule has 0 spiro atoms. The van der Waals surface area contributed by atoms with E-state index in [2.05, 4.69) is 0 Å². The molecule has 2 aromatic rings. The van der Waals surface area contributed by atoms with Gasteiger partial charge in [-0.1, -0.05) is 12.1 Å². The van der Waals surface area contributed by atoms with Gasteiger partial charge in [0.15, 0.2) is 0 Å². The van der Waals surface area contributed by atoms with E-state index in [9.17, 15) is 18.3 Å². The summed E-state index contributed by atoms with van der Waals surface area (Å²) in [5.41, 5.74) is -0.862. The van der Waals surface area contributed by atoms with Gasteiger partial charge in [-0.15, -0.1) is 0 Å². The summed E-state index contributed by atoms with van der Waals surface area (Å²) in [6, 6.07) is 10.9. The van der Waals surface area contributed by atoms with Gasteiger partial charge in [0, 0.05) is 0 Å². The molecule has 0 unspecified atom stereocenters. The molecule has 0 aliphatic rings. The van der Waals surface area contributed by atoms with E-state index >= 15 is 0 Å². The van der Waals surface area contributed by atoms with Crippen LogP contribution >= 0.6 is 0 Å². The van der Waals surface area contributed by atoms with Crippen molar-refractivity contribution in [1.29, 1.82) is 5.26 Å². The number of hydrogen-bond acceptors (Lipinski definition) is 3. The number of hydrogen-bond donors (Lipinski definition) is 1. The van der Waals surface area contributed by atoms with Crippen LogP contribution in [0.4, 0.5) is 13.2 Å². The Labute approximate surface area is 118 Å². The number of halogens is 3. The van der Waals surface area contributed by atoms with Gasteiger partial charge in [0.2, 0.25) is 0 Å². The molecule has 0 aliphatic carbocycles. The summed E-state index contributed by atoms with van der Waals surface area (Å²) in [4.78, 5) is 0.